The van der Waals surface area contributed by atoms with E-state index >= 15 is 0 Å². The Labute approximate surface area is 104 Å². The van der Waals surface area contributed by atoms with Crippen LogP contribution in [0.15, 0.2) is 24.3 Å². The third-order valence-corrected chi connectivity index (χ3v) is 4.18. The van der Waals surface area contributed by atoms with Crippen molar-refractivity contribution in [3.63, 3.8) is 0 Å². The first-order valence-electron chi connectivity index (χ1n) is 6.71. The summed E-state index contributed by atoms with van der Waals surface area (Å²) in [5.41, 5.74) is 2.92. The Bertz CT molecular complexity index is 378. The lowest BCUT2D eigenvalue weighted by atomic mass is 9.88. The van der Waals surface area contributed by atoms with Crippen molar-refractivity contribution in [2.75, 3.05) is 26.3 Å². The van der Waals surface area contributed by atoms with E-state index < -0.39 is 0 Å². The Morgan fingerprint density at radius 2 is 1.94 bits per heavy atom. The van der Waals surface area contributed by atoms with Crippen LogP contribution in [0.3, 0.4) is 0 Å². The number of hydrogen-bond acceptors (Lipinski definition) is 2. The molecule has 2 saturated heterocycles. The molecule has 2 aliphatic rings. The van der Waals surface area contributed by atoms with E-state index in [0.717, 1.165) is 19.1 Å². The zero-order valence-corrected chi connectivity index (χ0v) is 10.6. The molecule has 0 aliphatic carbocycles. The predicted octanol–water partition coefficient (Wildman–Crippen LogP) is 2.57. The molecule has 0 radical (unpaired) electrons. The zero-order chi connectivity index (χ0) is 11.7. The van der Waals surface area contributed by atoms with E-state index in [-0.39, 0.29) is 0 Å². The normalized spacial score (nSPS) is 23.6. The molecule has 0 N–H and O–H groups in total. The summed E-state index contributed by atoms with van der Waals surface area (Å²) in [4.78, 5) is 2.61. The highest BCUT2D eigenvalue weighted by Crippen LogP contribution is 2.30. The van der Waals surface area contributed by atoms with Gasteiger partial charge in [-0.1, -0.05) is 29.8 Å². The second kappa shape index (κ2) is 4.79. The third kappa shape index (κ3) is 2.38. The Balaban J connectivity index is 1.60. The minimum atomic E-state index is 0.716. The van der Waals surface area contributed by atoms with Gasteiger partial charge < -0.3 is 4.74 Å². The van der Waals surface area contributed by atoms with Gasteiger partial charge in [-0.3, -0.25) is 4.90 Å². The summed E-state index contributed by atoms with van der Waals surface area (Å²) in [6.07, 6.45) is 2.61. The van der Waals surface area contributed by atoms with Crippen molar-refractivity contribution >= 4 is 0 Å². The molecular formula is C15H21NO. The molecule has 2 heterocycles. The quantitative estimate of drug-likeness (QED) is 0.775. The maximum atomic E-state index is 5.27. The molecule has 0 spiro atoms. The smallest absolute Gasteiger partial charge is 0.0645 e. The number of piperidine rings is 1. The first-order valence-corrected chi connectivity index (χ1v) is 6.71. The zero-order valence-electron chi connectivity index (χ0n) is 10.6. The summed E-state index contributed by atoms with van der Waals surface area (Å²) in [7, 11) is 0. The molecule has 92 valence electrons. The first-order chi connectivity index (χ1) is 8.33. The Morgan fingerprint density at radius 1 is 1.18 bits per heavy atom. The lowest BCUT2D eigenvalue weighted by Crippen LogP contribution is -2.51. The Morgan fingerprint density at radius 3 is 2.53 bits per heavy atom. The number of nitrogens with zero attached hydrogens (tertiary/aromatic N) is 1. The fraction of sp³-hybridized carbons (Fsp3) is 0.600. The largest absolute Gasteiger partial charge is 0.378 e. The van der Waals surface area contributed by atoms with E-state index in [9.17, 15) is 0 Å². The molecule has 0 unspecified atom stereocenters. The highest BCUT2D eigenvalue weighted by atomic mass is 16.5. The summed E-state index contributed by atoms with van der Waals surface area (Å²) in [6, 6.07) is 9.74. The van der Waals surface area contributed by atoms with Crippen LogP contribution in [0.2, 0.25) is 0 Å². The van der Waals surface area contributed by atoms with E-state index in [4.69, 9.17) is 4.74 Å². The van der Waals surface area contributed by atoms with E-state index in [1.165, 1.54) is 37.1 Å². The molecule has 2 fully saturated rings. The van der Waals surface area contributed by atoms with Crippen molar-refractivity contribution in [2.24, 2.45) is 0 Å². The van der Waals surface area contributed by atoms with E-state index in [1.807, 2.05) is 0 Å². The van der Waals surface area contributed by atoms with E-state index in [0.29, 0.717) is 6.04 Å². The second-order valence-corrected chi connectivity index (χ2v) is 5.42. The number of rotatable bonds is 2. The summed E-state index contributed by atoms with van der Waals surface area (Å²) in [5, 5.41) is 0. The van der Waals surface area contributed by atoms with Gasteiger partial charge in [0.2, 0.25) is 0 Å². The van der Waals surface area contributed by atoms with Crippen LogP contribution < -0.4 is 0 Å². The van der Waals surface area contributed by atoms with Crippen molar-refractivity contribution in [1.29, 1.82) is 0 Å². The Hall–Kier alpha value is -0.860. The van der Waals surface area contributed by atoms with Crippen molar-refractivity contribution in [2.45, 2.75) is 31.7 Å². The fourth-order valence-electron chi connectivity index (χ4n) is 2.96. The number of aryl methyl sites for hydroxylation is 1. The van der Waals surface area contributed by atoms with Crippen LogP contribution in [0.4, 0.5) is 0 Å². The molecule has 2 heteroatoms. The van der Waals surface area contributed by atoms with Crippen molar-refractivity contribution in [3.8, 4) is 0 Å². The summed E-state index contributed by atoms with van der Waals surface area (Å²) in [5.74, 6) is 0.771. The van der Waals surface area contributed by atoms with Gasteiger partial charge in [-0.2, -0.15) is 0 Å². The number of benzene rings is 1. The van der Waals surface area contributed by atoms with Crippen LogP contribution in [0, 0.1) is 6.92 Å². The molecule has 0 amide bonds. The molecule has 1 aromatic rings. The van der Waals surface area contributed by atoms with Gasteiger partial charge in [0.25, 0.3) is 0 Å². The summed E-state index contributed by atoms with van der Waals surface area (Å²) >= 11 is 0. The van der Waals surface area contributed by atoms with Gasteiger partial charge >= 0.3 is 0 Å². The highest BCUT2D eigenvalue weighted by Gasteiger charge is 2.29. The van der Waals surface area contributed by atoms with Gasteiger partial charge in [0.15, 0.2) is 0 Å². The molecule has 3 rings (SSSR count). The maximum Gasteiger partial charge on any atom is 0.0645 e. The fourth-order valence-corrected chi connectivity index (χ4v) is 2.96. The van der Waals surface area contributed by atoms with Crippen molar-refractivity contribution in [3.05, 3.63) is 35.4 Å². The van der Waals surface area contributed by atoms with Gasteiger partial charge in [0.1, 0.15) is 0 Å². The van der Waals surface area contributed by atoms with Crippen molar-refractivity contribution < 1.29 is 4.74 Å². The van der Waals surface area contributed by atoms with Crippen molar-refractivity contribution in [1.82, 2.24) is 4.90 Å². The van der Waals surface area contributed by atoms with Crippen LogP contribution >= 0.6 is 0 Å². The molecule has 0 atom stereocenters. The highest BCUT2D eigenvalue weighted by molar-refractivity contribution is 5.25. The van der Waals surface area contributed by atoms with Crippen LogP contribution in [0.1, 0.15) is 29.9 Å². The van der Waals surface area contributed by atoms with Crippen LogP contribution in [0.5, 0.6) is 0 Å². The molecule has 17 heavy (non-hydrogen) atoms. The predicted molar refractivity (Wildman–Crippen MR) is 69.3 cm³/mol. The number of hydrogen-bond donors (Lipinski definition) is 0. The van der Waals surface area contributed by atoms with Gasteiger partial charge in [-0.25, -0.2) is 0 Å². The van der Waals surface area contributed by atoms with Crippen LogP contribution in [0.25, 0.3) is 0 Å². The Kier molecular flexibility index (Phi) is 3.17. The molecular weight excluding hydrogens is 210 g/mol. The van der Waals surface area contributed by atoms with Gasteiger partial charge in [-0.05, 0) is 44.3 Å². The average Bonchev–Trinajstić information content (AvgIpc) is 2.28. The third-order valence-electron chi connectivity index (χ3n) is 4.18. The molecule has 0 bridgehead atoms. The lowest BCUT2D eigenvalue weighted by Gasteiger charge is -2.41. The monoisotopic (exact) mass is 231 g/mol. The number of likely N-dealkylation sites (tertiary alicyclic amines) is 1. The summed E-state index contributed by atoms with van der Waals surface area (Å²) in [6.45, 7) is 6.58. The van der Waals surface area contributed by atoms with Gasteiger partial charge in [0.05, 0.1) is 19.3 Å². The molecule has 1 aromatic carbocycles. The first kappa shape index (κ1) is 11.2. The van der Waals surface area contributed by atoms with Gasteiger partial charge in [-0.15, -0.1) is 0 Å². The molecule has 2 nitrogen and oxygen atoms in total. The average molecular weight is 231 g/mol. The maximum absolute atomic E-state index is 5.27. The molecule has 2 aliphatic heterocycles. The van der Waals surface area contributed by atoms with Gasteiger partial charge in [0, 0.05) is 0 Å². The lowest BCUT2D eigenvalue weighted by molar-refractivity contribution is -0.0712. The standard InChI is InChI=1S/C15H21NO/c1-12-3-2-4-14(9-12)13-5-7-16(8-6-13)15-10-17-11-15/h2-4,9,13,15H,5-8,10-11H2,1H3. The SMILES string of the molecule is Cc1cccc(C2CCN(C3COC3)CC2)c1. The molecule has 0 saturated carbocycles. The number of ether oxygens (including phenoxy) is 1. The summed E-state index contributed by atoms with van der Waals surface area (Å²) < 4.78 is 5.27. The van der Waals surface area contributed by atoms with E-state index in [2.05, 4.69) is 36.1 Å². The van der Waals surface area contributed by atoms with Crippen LogP contribution in [-0.4, -0.2) is 37.2 Å². The minimum Gasteiger partial charge on any atom is -0.378 e. The van der Waals surface area contributed by atoms with Crippen LogP contribution in [-0.2, 0) is 4.74 Å². The topological polar surface area (TPSA) is 12.5 Å². The molecule has 0 aromatic heterocycles. The minimum absolute atomic E-state index is 0.716. The second-order valence-electron chi connectivity index (χ2n) is 5.42. The van der Waals surface area contributed by atoms with E-state index in [1.54, 1.807) is 0 Å².